The van der Waals surface area contributed by atoms with Crippen molar-refractivity contribution >= 4 is 21.6 Å². The van der Waals surface area contributed by atoms with Crippen LogP contribution in [0.5, 0.6) is 0 Å². The Kier molecular flexibility index (Phi) is 3.53. The summed E-state index contributed by atoms with van der Waals surface area (Å²) in [6.45, 7) is 0. The monoisotopic (exact) mass is 269 g/mol. The van der Waals surface area contributed by atoms with Crippen LogP contribution in [0, 0.1) is 0 Å². The van der Waals surface area contributed by atoms with E-state index in [4.69, 9.17) is 5.73 Å². The summed E-state index contributed by atoms with van der Waals surface area (Å²) in [7, 11) is 0. The highest BCUT2D eigenvalue weighted by Crippen LogP contribution is 2.22. The summed E-state index contributed by atoms with van der Waals surface area (Å²) < 4.78 is 1.23. The minimum Gasteiger partial charge on any atom is -0.327 e. The topological polar surface area (TPSA) is 51.8 Å². The summed E-state index contributed by atoms with van der Waals surface area (Å²) in [6.07, 6.45) is 5.29. The Hall–Kier alpha value is -1.78. The van der Waals surface area contributed by atoms with E-state index in [1.54, 1.807) is 23.7 Å². The summed E-state index contributed by atoms with van der Waals surface area (Å²) >= 11 is 1.73. The van der Waals surface area contributed by atoms with E-state index in [1.807, 2.05) is 30.3 Å². The average Bonchev–Trinajstić information content (AvgIpc) is 2.81. The number of aromatic nitrogens is 2. The molecule has 2 N–H and O–H groups in total. The van der Waals surface area contributed by atoms with Gasteiger partial charge in [0.2, 0.25) is 0 Å². The largest absolute Gasteiger partial charge is 0.327 e. The van der Waals surface area contributed by atoms with Crippen molar-refractivity contribution in [2.24, 2.45) is 5.73 Å². The van der Waals surface area contributed by atoms with E-state index in [1.165, 1.54) is 10.3 Å². The van der Waals surface area contributed by atoms with Crippen molar-refractivity contribution in [2.75, 3.05) is 0 Å². The first kappa shape index (κ1) is 12.3. The van der Waals surface area contributed by atoms with Gasteiger partial charge in [-0.05, 0) is 36.2 Å². The molecule has 19 heavy (non-hydrogen) atoms. The first-order chi connectivity index (χ1) is 9.31. The van der Waals surface area contributed by atoms with Crippen molar-refractivity contribution in [3.05, 3.63) is 59.4 Å². The van der Waals surface area contributed by atoms with Crippen LogP contribution < -0.4 is 5.73 Å². The van der Waals surface area contributed by atoms with Crippen LogP contribution in [0.25, 0.3) is 10.2 Å². The first-order valence-electron chi connectivity index (χ1n) is 6.30. The molecule has 0 saturated heterocycles. The summed E-state index contributed by atoms with van der Waals surface area (Å²) in [5.74, 6) is 0. The van der Waals surface area contributed by atoms with Gasteiger partial charge in [0.25, 0.3) is 0 Å². The van der Waals surface area contributed by atoms with Gasteiger partial charge in [-0.2, -0.15) is 0 Å². The lowest BCUT2D eigenvalue weighted by Gasteiger charge is -2.09. The number of rotatable bonds is 4. The van der Waals surface area contributed by atoms with Crippen LogP contribution in [0.2, 0.25) is 0 Å². The molecule has 1 atom stereocenters. The molecule has 1 unspecified atom stereocenters. The molecule has 0 spiro atoms. The maximum absolute atomic E-state index is 6.21. The second kappa shape index (κ2) is 5.47. The maximum Gasteiger partial charge on any atom is 0.0954 e. The van der Waals surface area contributed by atoms with Crippen LogP contribution in [-0.4, -0.2) is 16.0 Å². The molecule has 3 rings (SSSR count). The zero-order chi connectivity index (χ0) is 13.1. The van der Waals surface area contributed by atoms with Crippen molar-refractivity contribution < 1.29 is 0 Å². The van der Waals surface area contributed by atoms with Crippen molar-refractivity contribution in [1.29, 1.82) is 0 Å². The number of hydrogen-bond donors (Lipinski definition) is 1. The van der Waals surface area contributed by atoms with E-state index in [9.17, 15) is 0 Å². The Labute approximate surface area is 116 Å². The Morgan fingerprint density at radius 1 is 1.05 bits per heavy atom. The van der Waals surface area contributed by atoms with Gasteiger partial charge in [0, 0.05) is 24.9 Å². The van der Waals surface area contributed by atoms with Gasteiger partial charge in [-0.25, -0.2) is 4.98 Å². The molecule has 0 amide bonds. The highest BCUT2D eigenvalue weighted by Gasteiger charge is 2.09. The van der Waals surface area contributed by atoms with E-state index in [0.29, 0.717) is 0 Å². The number of benzene rings is 1. The number of hydrogen-bond acceptors (Lipinski definition) is 4. The number of nitrogens with zero attached hydrogens (tertiary/aromatic N) is 2. The first-order valence-corrected chi connectivity index (χ1v) is 7.12. The second-order valence-electron chi connectivity index (χ2n) is 4.60. The highest BCUT2D eigenvalue weighted by atomic mass is 32.1. The van der Waals surface area contributed by atoms with Crippen molar-refractivity contribution in [2.45, 2.75) is 18.9 Å². The van der Waals surface area contributed by atoms with E-state index in [2.05, 4.69) is 16.0 Å². The molecule has 0 radical (unpaired) electrons. The molecule has 0 saturated carbocycles. The third kappa shape index (κ3) is 2.97. The van der Waals surface area contributed by atoms with Gasteiger partial charge in [-0.15, -0.1) is 11.3 Å². The van der Waals surface area contributed by atoms with Crippen molar-refractivity contribution in [1.82, 2.24) is 9.97 Å². The Morgan fingerprint density at radius 2 is 1.84 bits per heavy atom. The molecule has 0 fully saturated rings. The fourth-order valence-electron chi connectivity index (χ4n) is 2.13. The molecule has 0 aliphatic rings. The maximum atomic E-state index is 6.21. The predicted octanol–water partition coefficient (Wildman–Crippen LogP) is 2.80. The molecule has 2 heterocycles. The Bertz CT molecular complexity index is 630. The lowest BCUT2D eigenvalue weighted by atomic mass is 10.1. The van der Waals surface area contributed by atoms with Crippen LogP contribution in [0.1, 0.15) is 10.6 Å². The predicted molar refractivity (Wildman–Crippen MR) is 79.2 cm³/mol. The summed E-state index contributed by atoms with van der Waals surface area (Å²) in [4.78, 5) is 8.63. The minimum absolute atomic E-state index is 0.1000. The number of pyridine rings is 1. The van der Waals surface area contributed by atoms with Crippen LogP contribution in [0.4, 0.5) is 0 Å². The van der Waals surface area contributed by atoms with Crippen molar-refractivity contribution in [3.8, 4) is 0 Å². The molecule has 96 valence electrons. The van der Waals surface area contributed by atoms with Gasteiger partial charge in [0.1, 0.15) is 0 Å². The Morgan fingerprint density at radius 3 is 2.63 bits per heavy atom. The highest BCUT2D eigenvalue weighted by molar-refractivity contribution is 7.18. The number of thiazole rings is 1. The number of para-hydroxylation sites is 1. The molecule has 3 nitrogen and oxygen atoms in total. The lowest BCUT2D eigenvalue weighted by molar-refractivity contribution is 0.662. The van der Waals surface area contributed by atoms with Gasteiger partial charge < -0.3 is 5.73 Å². The van der Waals surface area contributed by atoms with E-state index in [0.717, 1.165) is 23.4 Å². The smallest absolute Gasteiger partial charge is 0.0954 e. The summed E-state index contributed by atoms with van der Waals surface area (Å²) in [6, 6.07) is 12.3. The molecular weight excluding hydrogens is 254 g/mol. The van der Waals surface area contributed by atoms with Gasteiger partial charge in [0.05, 0.1) is 15.2 Å². The van der Waals surface area contributed by atoms with Crippen LogP contribution in [0.15, 0.2) is 48.8 Å². The van der Waals surface area contributed by atoms with Crippen LogP contribution >= 0.6 is 11.3 Å². The zero-order valence-corrected chi connectivity index (χ0v) is 11.3. The van der Waals surface area contributed by atoms with E-state index >= 15 is 0 Å². The van der Waals surface area contributed by atoms with Crippen molar-refractivity contribution in [3.63, 3.8) is 0 Å². The fraction of sp³-hybridized carbons (Fsp3) is 0.200. The van der Waals surface area contributed by atoms with E-state index in [-0.39, 0.29) is 6.04 Å². The standard InChI is InChI=1S/C15H15N3S/c16-12(9-11-5-7-17-8-6-11)10-15-18-13-3-1-2-4-14(13)19-15/h1-8,12H,9-10,16H2. The minimum atomic E-state index is 0.1000. The van der Waals surface area contributed by atoms with Gasteiger partial charge in [-0.3, -0.25) is 4.98 Å². The molecule has 0 aliphatic carbocycles. The lowest BCUT2D eigenvalue weighted by Crippen LogP contribution is -2.25. The molecule has 0 bridgehead atoms. The quantitative estimate of drug-likeness (QED) is 0.792. The average molecular weight is 269 g/mol. The third-order valence-corrected chi connectivity index (χ3v) is 4.08. The van der Waals surface area contributed by atoms with Crippen LogP contribution in [0.3, 0.4) is 0 Å². The number of nitrogens with two attached hydrogens (primary N) is 1. The summed E-state index contributed by atoms with van der Waals surface area (Å²) in [5.41, 5.74) is 8.50. The molecule has 4 heteroatoms. The Balaban J connectivity index is 1.70. The molecular formula is C15H15N3S. The normalized spacial score (nSPS) is 12.7. The fourth-order valence-corrected chi connectivity index (χ4v) is 3.19. The SMILES string of the molecule is NC(Cc1ccncc1)Cc1nc2ccccc2s1. The number of fused-ring (bicyclic) bond motifs is 1. The molecule has 0 aliphatic heterocycles. The van der Waals surface area contributed by atoms with E-state index < -0.39 is 0 Å². The zero-order valence-electron chi connectivity index (χ0n) is 10.5. The molecule has 3 aromatic rings. The van der Waals surface area contributed by atoms with Crippen LogP contribution in [-0.2, 0) is 12.8 Å². The molecule has 2 aromatic heterocycles. The van der Waals surface area contributed by atoms with Gasteiger partial charge in [0.15, 0.2) is 0 Å². The third-order valence-electron chi connectivity index (χ3n) is 3.02. The van der Waals surface area contributed by atoms with Gasteiger partial charge in [-0.1, -0.05) is 12.1 Å². The van der Waals surface area contributed by atoms with Gasteiger partial charge >= 0.3 is 0 Å². The second-order valence-corrected chi connectivity index (χ2v) is 5.71. The summed E-state index contributed by atoms with van der Waals surface area (Å²) in [5, 5.41) is 1.11. The molecule has 1 aromatic carbocycles.